The van der Waals surface area contributed by atoms with Gasteiger partial charge in [-0.25, -0.2) is 9.78 Å². The van der Waals surface area contributed by atoms with E-state index in [-0.39, 0.29) is 5.69 Å². The van der Waals surface area contributed by atoms with Crippen LogP contribution in [0.5, 0.6) is 0 Å². The Labute approximate surface area is 129 Å². The average Bonchev–Trinajstić information content (AvgIpc) is 2.92. The summed E-state index contributed by atoms with van der Waals surface area (Å²) in [6, 6.07) is 7.94. The van der Waals surface area contributed by atoms with Gasteiger partial charge in [0.15, 0.2) is 5.65 Å². The molecule has 0 aliphatic rings. The quantitative estimate of drug-likeness (QED) is 0.656. The van der Waals surface area contributed by atoms with Gasteiger partial charge in [0.25, 0.3) is 0 Å². The van der Waals surface area contributed by atoms with Crippen LogP contribution in [0.1, 0.15) is 44.9 Å². The number of nitrogens with zero attached hydrogens (tertiary/aromatic N) is 4. The van der Waals surface area contributed by atoms with Gasteiger partial charge in [-0.1, -0.05) is 44.7 Å². The lowest BCUT2D eigenvalue weighted by molar-refractivity contribution is 0.555. The molecule has 0 fully saturated rings. The first-order valence-corrected chi connectivity index (χ1v) is 8.07. The summed E-state index contributed by atoms with van der Waals surface area (Å²) in [6.07, 6.45) is 5.89. The van der Waals surface area contributed by atoms with Crippen LogP contribution in [-0.4, -0.2) is 19.2 Å². The fourth-order valence-corrected chi connectivity index (χ4v) is 2.93. The van der Waals surface area contributed by atoms with Crippen molar-refractivity contribution in [3.63, 3.8) is 0 Å². The predicted molar refractivity (Wildman–Crippen MR) is 88.2 cm³/mol. The third-order valence-corrected chi connectivity index (χ3v) is 4.05. The maximum absolute atomic E-state index is 12.7. The Hall–Kier alpha value is -2.17. The molecular weight excluding hydrogens is 276 g/mol. The van der Waals surface area contributed by atoms with Crippen molar-refractivity contribution in [2.75, 3.05) is 0 Å². The van der Waals surface area contributed by atoms with E-state index in [0.717, 1.165) is 30.3 Å². The molecule has 3 rings (SSSR count). The van der Waals surface area contributed by atoms with E-state index in [1.54, 1.807) is 0 Å². The van der Waals surface area contributed by atoms with Crippen LogP contribution >= 0.6 is 0 Å². The summed E-state index contributed by atoms with van der Waals surface area (Å²) in [5, 5.41) is 5.24. The lowest BCUT2D eigenvalue weighted by Crippen LogP contribution is -2.28. The maximum Gasteiger partial charge on any atom is 0.351 e. The fraction of sp³-hybridized carbons (Fsp3) is 0.471. The van der Waals surface area contributed by atoms with E-state index in [1.807, 2.05) is 35.8 Å². The number of hydrogen-bond donors (Lipinski definition) is 0. The molecule has 116 valence electrons. The van der Waals surface area contributed by atoms with Gasteiger partial charge in [0, 0.05) is 11.9 Å². The molecule has 0 unspecified atom stereocenters. The number of para-hydroxylation sites is 1. The summed E-state index contributed by atoms with van der Waals surface area (Å²) >= 11 is 0. The predicted octanol–water partition coefficient (Wildman–Crippen LogP) is 3.32. The van der Waals surface area contributed by atoms with Gasteiger partial charge in [0.1, 0.15) is 5.82 Å². The molecule has 2 aromatic heterocycles. The van der Waals surface area contributed by atoms with Crippen molar-refractivity contribution in [1.82, 2.24) is 19.2 Å². The van der Waals surface area contributed by atoms with E-state index < -0.39 is 0 Å². The van der Waals surface area contributed by atoms with E-state index in [2.05, 4.69) is 17.0 Å². The summed E-state index contributed by atoms with van der Waals surface area (Å²) in [6.45, 7) is 4.76. The van der Waals surface area contributed by atoms with Crippen molar-refractivity contribution >= 4 is 16.6 Å². The Morgan fingerprint density at radius 1 is 1.09 bits per heavy atom. The van der Waals surface area contributed by atoms with Crippen molar-refractivity contribution in [3.05, 3.63) is 40.6 Å². The second-order valence-electron chi connectivity index (χ2n) is 5.76. The molecule has 0 saturated heterocycles. The maximum atomic E-state index is 12.7. The molecule has 0 atom stereocenters. The van der Waals surface area contributed by atoms with E-state index in [0.29, 0.717) is 11.5 Å². The molecule has 0 N–H and O–H groups in total. The van der Waals surface area contributed by atoms with Crippen molar-refractivity contribution in [3.8, 4) is 0 Å². The molecule has 2 heterocycles. The summed E-state index contributed by atoms with van der Waals surface area (Å²) in [4.78, 5) is 17.1. The number of fused-ring (bicyclic) bond motifs is 3. The number of aromatic nitrogens is 4. The molecule has 0 bridgehead atoms. The van der Waals surface area contributed by atoms with Crippen LogP contribution < -0.4 is 5.69 Å². The van der Waals surface area contributed by atoms with Crippen LogP contribution in [0.3, 0.4) is 0 Å². The monoisotopic (exact) mass is 298 g/mol. The SMILES string of the molecule is CCCCCCCn1c(=O)n2nc(C)nc2c2ccccc21. The first-order chi connectivity index (χ1) is 10.7. The van der Waals surface area contributed by atoms with E-state index in [1.165, 1.54) is 23.8 Å². The third kappa shape index (κ3) is 2.63. The highest BCUT2D eigenvalue weighted by Gasteiger charge is 2.12. The molecule has 0 aliphatic heterocycles. The zero-order valence-electron chi connectivity index (χ0n) is 13.2. The Morgan fingerprint density at radius 3 is 2.68 bits per heavy atom. The van der Waals surface area contributed by atoms with Crippen LogP contribution in [0.2, 0.25) is 0 Å². The summed E-state index contributed by atoms with van der Waals surface area (Å²) in [7, 11) is 0. The second kappa shape index (κ2) is 6.30. The van der Waals surface area contributed by atoms with Crippen molar-refractivity contribution in [1.29, 1.82) is 0 Å². The average molecular weight is 298 g/mol. The molecule has 5 nitrogen and oxygen atoms in total. The van der Waals surface area contributed by atoms with Gasteiger partial charge in [-0.15, -0.1) is 5.10 Å². The topological polar surface area (TPSA) is 52.2 Å². The Morgan fingerprint density at radius 2 is 1.86 bits per heavy atom. The van der Waals surface area contributed by atoms with Crippen molar-refractivity contribution < 1.29 is 0 Å². The molecule has 5 heteroatoms. The van der Waals surface area contributed by atoms with E-state index >= 15 is 0 Å². The molecule has 0 amide bonds. The van der Waals surface area contributed by atoms with Gasteiger partial charge in [0.2, 0.25) is 0 Å². The smallest absolute Gasteiger partial charge is 0.292 e. The highest BCUT2D eigenvalue weighted by Crippen LogP contribution is 2.17. The molecule has 0 radical (unpaired) electrons. The second-order valence-corrected chi connectivity index (χ2v) is 5.76. The lowest BCUT2D eigenvalue weighted by atomic mass is 10.1. The molecule has 0 spiro atoms. The fourth-order valence-electron chi connectivity index (χ4n) is 2.93. The van der Waals surface area contributed by atoms with Gasteiger partial charge < -0.3 is 0 Å². The van der Waals surface area contributed by atoms with Crippen molar-refractivity contribution in [2.24, 2.45) is 0 Å². The van der Waals surface area contributed by atoms with Crippen molar-refractivity contribution in [2.45, 2.75) is 52.5 Å². The summed E-state index contributed by atoms with van der Waals surface area (Å²) in [5.74, 6) is 0.628. The van der Waals surface area contributed by atoms with Gasteiger partial charge >= 0.3 is 5.69 Å². The molecule has 22 heavy (non-hydrogen) atoms. The lowest BCUT2D eigenvalue weighted by Gasteiger charge is -2.10. The molecule has 0 aliphatic carbocycles. The van der Waals surface area contributed by atoms with Crippen LogP contribution in [0.15, 0.2) is 29.1 Å². The largest absolute Gasteiger partial charge is 0.351 e. The van der Waals surface area contributed by atoms with Gasteiger partial charge in [-0.3, -0.25) is 4.57 Å². The number of hydrogen-bond acceptors (Lipinski definition) is 3. The third-order valence-electron chi connectivity index (χ3n) is 4.05. The standard InChI is InChI=1S/C17H22N4O/c1-3-4-5-6-9-12-20-15-11-8-7-10-14(15)16-18-13(2)19-21(16)17(20)22/h7-8,10-11H,3-6,9,12H2,1-2H3. The summed E-state index contributed by atoms with van der Waals surface area (Å²) in [5.41, 5.74) is 1.51. The number of unbranched alkanes of at least 4 members (excludes halogenated alkanes) is 4. The van der Waals surface area contributed by atoms with Gasteiger partial charge in [-0.05, 0) is 25.5 Å². The van der Waals surface area contributed by atoms with Crippen LogP contribution in [0, 0.1) is 6.92 Å². The number of aryl methyl sites for hydroxylation is 2. The normalized spacial score (nSPS) is 11.5. The van der Waals surface area contributed by atoms with E-state index in [4.69, 9.17) is 0 Å². The molecule has 0 saturated carbocycles. The van der Waals surface area contributed by atoms with Crippen LogP contribution in [0.4, 0.5) is 0 Å². The van der Waals surface area contributed by atoms with Crippen LogP contribution in [-0.2, 0) is 6.54 Å². The summed E-state index contributed by atoms with van der Waals surface area (Å²) < 4.78 is 3.27. The molecule has 1 aromatic carbocycles. The molecular formula is C17H22N4O. The molecule has 3 aromatic rings. The minimum atomic E-state index is -0.0928. The zero-order valence-corrected chi connectivity index (χ0v) is 13.2. The Kier molecular flexibility index (Phi) is 4.22. The Bertz CT molecular complexity index is 847. The van der Waals surface area contributed by atoms with Crippen LogP contribution in [0.25, 0.3) is 16.6 Å². The number of rotatable bonds is 6. The first kappa shape index (κ1) is 14.8. The van der Waals surface area contributed by atoms with E-state index in [9.17, 15) is 4.79 Å². The Balaban J connectivity index is 2.03. The highest BCUT2D eigenvalue weighted by atomic mass is 16.2. The highest BCUT2D eigenvalue weighted by molar-refractivity contribution is 5.91. The van der Waals surface area contributed by atoms with Gasteiger partial charge in [-0.2, -0.15) is 4.52 Å². The zero-order chi connectivity index (χ0) is 15.5. The number of benzene rings is 1. The minimum Gasteiger partial charge on any atom is -0.292 e. The minimum absolute atomic E-state index is 0.0928. The van der Waals surface area contributed by atoms with Gasteiger partial charge in [0.05, 0.1) is 5.52 Å². The first-order valence-electron chi connectivity index (χ1n) is 8.07.